The van der Waals surface area contributed by atoms with Crippen molar-refractivity contribution in [2.24, 2.45) is 11.1 Å². The molecule has 1 aromatic heterocycles. The summed E-state index contributed by atoms with van der Waals surface area (Å²) >= 11 is 0. The van der Waals surface area contributed by atoms with Gasteiger partial charge in [-0.2, -0.15) is 10.5 Å². The van der Waals surface area contributed by atoms with Gasteiger partial charge in [-0.25, -0.2) is 9.97 Å². The molecule has 0 aliphatic carbocycles. The molecule has 1 aromatic carbocycles. The maximum absolute atomic E-state index is 9.49. The Morgan fingerprint density at radius 2 is 2.06 bits per heavy atom. The second-order valence-electron chi connectivity index (χ2n) is 9.99. The zero-order valence-corrected chi connectivity index (χ0v) is 20.5. The van der Waals surface area contributed by atoms with E-state index >= 15 is 0 Å². The van der Waals surface area contributed by atoms with Gasteiger partial charge in [0.05, 0.1) is 43.0 Å². The number of nitrogens with zero attached hydrogens (tertiary/aromatic N) is 6. The Hall–Kier alpha value is -3.73. The van der Waals surface area contributed by atoms with E-state index in [0.29, 0.717) is 30.2 Å². The van der Waals surface area contributed by atoms with E-state index in [9.17, 15) is 10.5 Å². The second-order valence-corrected chi connectivity index (χ2v) is 9.99. The number of hydrogen-bond donors (Lipinski definition) is 3. The summed E-state index contributed by atoms with van der Waals surface area (Å²) in [5.41, 5.74) is 16.2. The van der Waals surface area contributed by atoms with Crippen molar-refractivity contribution in [1.82, 2.24) is 9.97 Å². The van der Waals surface area contributed by atoms with Gasteiger partial charge in [0.2, 0.25) is 0 Å². The van der Waals surface area contributed by atoms with Crippen molar-refractivity contribution in [3.05, 3.63) is 40.7 Å². The lowest BCUT2D eigenvalue weighted by molar-refractivity contribution is 0.0974. The highest BCUT2D eigenvalue weighted by atomic mass is 16.5. The molecule has 5 N–H and O–H groups in total. The van der Waals surface area contributed by atoms with Crippen molar-refractivity contribution in [2.45, 2.75) is 51.2 Å². The molecule has 3 aliphatic rings. The molecular formula is C26H31N9O. The predicted molar refractivity (Wildman–Crippen MR) is 137 cm³/mol. The van der Waals surface area contributed by atoms with Gasteiger partial charge in [-0.1, -0.05) is 0 Å². The fourth-order valence-corrected chi connectivity index (χ4v) is 5.88. The molecule has 10 heteroatoms. The van der Waals surface area contributed by atoms with Crippen molar-refractivity contribution in [3.63, 3.8) is 0 Å². The molecule has 0 radical (unpaired) electrons. The van der Waals surface area contributed by atoms with Crippen LogP contribution in [-0.2, 0) is 17.6 Å². The number of anilines is 3. The van der Waals surface area contributed by atoms with Gasteiger partial charge in [0.1, 0.15) is 11.5 Å². The summed E-state index contributed by atoms with van der Waals surface area (Å²) in [7, 11) is 0. The fourth-order valence-electron chi connectivity index (χ4n) is 5.88. The van der Waals surface area contributed by atoms with Crippen LogP contribution in [0.3, 0.4) is 0 Å². The molecule has 186 valence electrons. The molecule has 5 rings (SSSR count). The predicted octanol–water partition coefficient (Wildman–Crippen LogP) is 2.11. The van der Waals surface area contributed by atoms with Crippen LogP contribution in [0.4, 0.5) is 17.3 Å². The van der Waals surface area contributed by atoms with Crippen LogP contribution in [0.2, 0.25) is 0 Å². The first-order valence-electron chi connectivity index (χ1n) is 12.4. The number of piperidine rings is 1. The minimum atomic E-state index is 0.0222. The Morgan fingerprint density at radius 3 is 2.69 bits per heavy atom. The summed E-state index contributed by atoms with van der Waals surface area (Å²) in [6.45, 7) is 4.98. The number of aromatic nitrogens is 2. The monoisotopic (exact) mass is 485 g/mol. The minimum absolute atomic E-state index is 0.0222. The van der Waals surface area contributed by atoms with Gasteiger partial charge in [0.15, 0.2) is 11.7 Å². The Balaban J connectivity index is 1.36. The number of nitrogen functional groups attached to an aromatic ring is 1. The normalized spacial score (nSPS) is 22.7. The van der Waals surface area contributed by atoms with E-state index in [2.05, 4.69) is 27.0 Å². The Kier molecular flexibility index (Phi) is 6.25. The quantitative estimate of drug-likeness (QED) is 0.436. The maximum atomic E-state index is 9.49. The van der Waals surface area contributed by atoms with Crippen LogP contribution in [0.1, 0.15) is 48.6 Å². The van der Waals surface area contributed by atoms with Gasteiger partial charge >= 0.3 is 0 Å². The van der Waals surface area contributed by atoms with Crippen LogP contribution in [-0.4, -0.2) is 54.2 Å². The number of rotatable bonds is 3. The van der Waals surface area contributed by atoms with Crippen molar-refractivity contribution < 1.29 is 4.74 Å². The van der Waals surface area contributed by atoms with E-state index in [1.54, 1.807) is 12.3 Å². The fraction of sp³-hybridized carbons (Fsp3) is 0.500. The van der Waals surface area contributed by atoms with E-state index in [1.165, 1.54) is 0 Å². The lowest BCUT2D eigenvalue weighted by Crippen LogP contribution is -2.50. The highest BCUT2D eigenvalue weighted by Crippen LogP contribution is 2.42. The number of amidine groups is 1. The van der Waals surface area contributed by atoms with Gasteiger partial charge in [-0.3, -0.25) is 5.41 Å². The van der Waals surface area contributed by atoms with Gasteiger partial charge in [-0.05, 0) is 55.9 Å². The molecule has 0 amide bonds. The maximum Gasteiger partial charge on any atom is 0.155 e. The summed E-state index contributed by atoms with van der Waals surface area (Å²) in [5, 5.41) is 27.7. The number of nitrogens with two attached hydrogens (primary N) is 2. The number of fused-ring (bicyclic) bond motifs is 1. The van der Waals surface area contributed by atoms with E-state index in [1.807, 2.05) is 17.9 Å². The van der Waals surface area contributed by atoms with Gasteiger partial charge in [0.25, 0.3) is 0 Å². The average Bonchev–Trinajstić information content (AvgIpc) is 3.17. The van der Waals surface area contributed by atoms with Crippen molar-refractivity contribution >= 4 is 23.2 Å². The minimum Gasteiger partial charge on any atom is -0.382 e. The van der Waals surface area contributed by atoms with Crippen molar-refractivity contribution in [3.8, 4) is 12.1 Å². The molecule has 0 bridgehead atoms. The molecule has 2 fully saturated rings. The SMILES string of the molecule is C[C@@H]1OCC2(CCN(c3cnc(C(=N)N4CCCc5c4ccc(C#N)c5CC#N)c(N)n3)CC2)[C@@H]1N. The Morgan fingerprint density at radius 1 is 1.28 bits per heavy atom. The molecule has 2 atom stereocenters. The third-order valence-electron chi connectivity index (χ3n) is 8.09. The largest absolute Gasteiger partial charge is 0.382 e. The lowest BCUT2D eigenvalue weighted by Gasteiger charge is -2.41. The lowest BCUT2D eigenvalue weighted by atomic mass is 9.73. The molecule has 4 heterocycles. The Labute approximate surface area is 211 Å². The van der Waals surface area contributed by atoms with Crippen LogP contribution >= 0.6 is 0 Å². The molecule has 0 saturated carbocycles. The van der Waals surface area contributed by atoms with E-state index in [0.717, 1.165) is 55.6 Å². The summed E-state index contributed by atoms with van der Waals surface area (Å²) in [6.07, 6.45) is 5.35. The third-order valence-corrected chi connectivity index (χ3v) is 8.09. The van der Waals surface area contributed by atoms with E-state index in [4.69, 9.17) is 21.6 Å². The molecule has 1 spiro atoms. The summed E-state index contributed by atoms with van der Waals surface area (Å²) in [6, 6.07) is 7.97. The summed E-state index contributed by atoms with van der Waals surface area (Å²) < 4.78 is 5.83. The van der Waals surface area contributed by atoms with Crippen LogP contribution in [0.5, 0.6) is 0 Å². The third kappa shape index (κ3) is 3.93. The molecular weight excluding hydrogens is 454 g/mol. The second kappa shape index (κ2) is 9.38. The Bertz CT molecular complexity index is 1270. The van der Waals surface area contributed by atoms with Gasteiger partial charge < -0.3 is 26.0 Å². The van der Waals surface area contributed by atoms with Crippen molar-refractivity contribution in [2.75, 3.05) is 41.8 Å². The molecule has 0 unspecified atom stereocenters. The van der Waals surface area contributed by atoms with Crippen LogP contribution in [0.15, 0.2) is 18.3 Å². The van der Waals surface area contributed by atoms with E-state index in [-0.39, 0.29) is 35.6 Å². The number of nitrogens with one attached hydrogen (secondary N) is 1. The molecule has 36 heavy (non-hydrogen) atoms. The molecule has 3 aliphatic heterocycles. The average molecular weight is 486 g/mol. The first-order chi connectivity index (χ1) is 17.4. The zero-order valence-electron chi connectivity index (χ0n) is 20.5. The van der Waals surface area contributed by atoms with Crippen LogP contribution in [0, 0.1) is 33.5 Å². The molecule has 2 aromatic rings. The highest BCUT2D eigenvalue weighted by Gasteiger charge is 2.47. The smallest absolute Gasteiger partial charge is 0.155 e. The summed E-state index contributed by atoms with van der Waals surface area (Å²) in [4.78, 5) is 13.2. The zero-order chi connectivity index (χ0) is 25.4. The molecule has 2 saturated heterocycles. The number of nitriles is 2. The topological polar surface area (TPSA) is 165 Å². The number of ether oxygens (including phenoxy) is 1. The van der Waals surface area contributed by atoms with Gasteiger partial charge in [-0.15, -0.1) is 0 Å². The summed E-state index contributed by atoms with van der Waals surface area (Å²) in [5.74, 6) is 1.08. The first kappa shape index (κ1) is 24.0. The standard InChI is InChI=1S/C26H31N9O/c1-16-23(29)26(15-36-16)7-11-34(12-8-26)21-14-32-22(24(30)33-21)25(31)35-10-2-3-19-18(6-9-27)17(13-28)4-5-20(19)35/h4-5,14,16,23,31H,2-3,6-8,10-12,15,29H2,1H3,(H2,30,33)/t16-,23+/m0/s1. The van der Waals surface area contributed by atoms with Crippen LogP contribution < -0.4 is 21.3 Å². The molecule has 10 nitrogen and oxygen atoms in total. The first-order valence-corrected chi connectivity index (χ1v) is 12.4. The number of benzene rings is 1. The highest BCUT2D eigenvalue weighted by molar-refractivity contribution is 6.10. The van der Waals surface area contributed by atoms with Gasteiger partial charge in [0, 0.05) is 36.8 Å². The number of hydrogen-bond acceptors (Lipinski definition) is 9. The van der Waals surface area contributed by atoms with Crippen LogP contribution in [0.25, 0.3) is 0 Å². The van der Waals surface area contributed by atoms with Crippen molar-refractivity contribution in [1.29, 1.82) is 15.9 Å². The van der Waals surface area contributed by atoms with E-state index < -0.39 is 0 Å².